The normalized spacial score (nSPS) is 9.00. The highest BCUT2D eigenvalue weighted by atomic mass is 35.5. The first kappa shape index (κ1) is 10.3. The third-order valence-corrected chi connectivity index (χ3v) is 1.61. The van der Waals surface area contributed by atoms with Crippen LogP contribution in [0.2, 0.25) is 5.15 Å². The van der Waals surface area contributed by atoms with E-state index in [1.807, 2.05) is 0 Å². The fraction of sp³-hybridized carbons (Fsp3) is 0.125. The van der Waals surface area contributed by atoms with Crippen LogP contribution in [0.1, 0.15) is 12.6 Å². The molecule has 14 heavy (non-hydrogen) atoms. The van der Waals surface area contributed by atoms with Crippen LogP contribution in [0.4, 0.5) is 11.4 Å². The van der Waals surface area contributed by atoms with E-state index in [0.717, 1.165) is 0 Å². The summed E-state index contributed by atoms with van der Waals surface area (Å²) in [5, 5.41) is 10.7. The lowest BCUT2D eigenvalue weighted by atomic mass is 10.2. The van der Waals surface area contributed by atoms with Crippen molar-refractivity contribution in [3.8, 4) is 11.8 Å². The number of pyridine rings is 1. The van der Waals surface area contributed by atoms with Gasteiger partial charge in [0, 0.05) is 6.07 Å². The largest absolute Gasteiger partial charge is 0.393 e. The summed E-state index contributed by atoms with van der Waals surface area (Å²) >= 11 is 5.58. The minimum Gasteiger partial charge on any atom is -0.393 e. The van der Waals surface area contributed by atoms with Crippen molar-refractivity contribution < 1.29 is 4.92 Å². The lowest BCUT2D eigenvalue weighted by Gasteiger charge is -1.99. The summed E-state index contributed by atoms with van der Waals surface area (Å²) in [5.41, 5.74) is 5.07. The molecule has 0 unspecified atom stereocenters. The van der Waals surface area contributed by atoms with Crippen molar-refractivity contribution in [2.24, 2.45) is 0 Å². The number of nitrogen functional groups attached to an aromatic ring is 1. The van der Waals surface area contributed by atoms with Gasteiger partial charge in [-0.15, -0.1) is 0 Å². The number of rotatable bonds is 1. The maximum Gasteiger partial charge on any atom is 0.326 e. The third kappa shape index (κ3) is 1.92. The highest BCUT2D eigenvalue weighted by Crippen LogP contribution is 2.26. The molecule has 0 radical (unpaired) electrons. The van der Waals surface area contributed by atoms with Gasteiger partial charge in [-0.1, -0.05) is 17.5 Å². The average molecular weight is 212 g/mol. The summed E-state index contributed by atoms with van der Waals surface area (Å²) in [6.45, 7) is 1.54. The van der Waals surface area contributed by atoms with Crippen LogP contribution in [0.5, 0.6) is 0 Å². The fourth-order valence-corrected chi connectivity index (χ4v) is 1.12. The minimum absolute atomic E-state index is 0.0116. The van der Waals surface area contributed by atoms with Gasteiger partial charge in [-0.05, 0) is 12.8 Å². The van der Waals surface area contributed by atoms with Gasteiger partial charge in [0.2, 0.25) is 0 Å². The summed E-state index contributed by atoms with van der Waals surface area (Å²) in [6.07, 6.45) is 0. The molecule has 0 fully saturated rings. The zero-order chi connectivity index (χ0) is 10.7. The number of nitrogens with zero attached hydrogens (tertiary/aromatic N) is 2. The van der Waals surface area contributed by atoms with Gasteiger partial charge in [-0.25, -0.2) is 4.98 Å². The Hall–Kier alpha value is -1.80. The quantitative estimate of drug-likeness (QED) is 0.331. The summed E-state index contributed by atoms with van der Waals surface area (Å²) in [6, 6.07) is 1.22. The van der Waals surface area contributed by atoms with Gasteiger partial charge in [0.25, 0.3) is 0 Å². The summed E-state index contributed by atoms with van der Waals surface area (Å²) in [7, 11) is 0. The highest BCUT2D eigenvalue weighted by Gasteiger charge is 2.19. The number of hydrogen-bond donors (Lipinski definition) is 1. The molecule has 1 aromatic rings. The van der Waals surface area contributed by atoms with Crippen LogP contribution in [0, 0.1) is 22.0 Å². The molecule has 0 saturated carbocycles. The molecule has 0 atom stereocenters. The average Bonchev–Trinajstić information content (AvgIpc) is 2.01. The van der Waals surface area contributed by atoms with Gasteiger partial charge in [0.15, 0.2) is 5.69 Å². The van der Waals surface area contributed by atoms with Crippen molar-refractivity contribution in [1.29, 1.82) is 0 Å². The fourth-order valence-electron chi connectivity index (χ4n) is 0.923. The number of nitrogens with two attached hydrogens (primary N) is 1. The van der Waals surface area contributed by atoms with Crippen LogP contribution in [-0.4, -0.2) is 9.91 Å². The molecular weight excluding hydrogens is 206 g/mol. The predicted molar refractivity (Wildman–Crippen MR) is 52.9 cm³/mol. The molecule has 1 rings (SSSR count). The van der Waals surface area contributed by atoms with Crippen LogP contribution in [0.3, 0.4) is 0 Å². The summed E-state index contributed by atoms with van der Waals surface area (Å²) < 4.78 is 0. The van der Waals surface area contributed by atoms with Crippen LogP contribution >= 0.6 is 11.6 Å². The van der Waals surface area contributed by atoms with Crippen molar-refractivity contribution in [3.63, 3.8) is 0 Å². The molecule has 0 aliphatic heterocycles. The Labute approximate surface area is 85.0 Å². The van der Waals surface area contributed by atoms with Crippen LogP contribution in [-0.2, 0) is 0 Å². The van der Waals surface area contributed by atoms with E-state index in [2.05, 4.69) is 16.8 Å². The Morgan fingerprint density at radius 1 is 1.71 bits per heavy atom. The molecule has 72 valence electrons. The smallest absolute Gasteiger partial charge is 0.326 e. The molecule has 0 aliphatic carbocycles. The second kappa shape index (κ2) is 3.94. The zero-order valence-corrected chi connectivity index (χ0v) is 8.00. The highest BCUT2D eigenvalue weighted by molar-refractivity contribution is 6.29. The second-order valence-electron chi connectivity index (χ2n) is 2.36. The van der Waals surface area contributed by atoms with Crippen LogP contribution < -0.4 is 5.73 Å². The van der Waals surface area contributed by atoms with Crippen LogP contribution in [0.25, 0.3) is 0 Å². The van der Waals surface area contributed by atoms with Gasteiger partial charge >= 0.3 is 5.69 Å². The molecular formula is C8H6ClN3O2. The number of halogens is 1. The van der Waals surface area contributed by atoms with E-state index in [1.165, 1.54) is 6.07 Å². The maximum atomic E-state index is 10.6. The third-order valence-electron chi connectivity index (χ3n) is 1.42. The lowest BCUT2D eigenvalue weighted by Crippen LogP contribution is -2.01. The molecule has 0 bridgehead atoms. The standard InChI is InChI=1S/C8H6ClN3O2/c1-2-3-6-8(12(13)14)5(10)4-7(9)11-6/h4H,1H3,(H2,10,11). The number of anilines is 1. The topological polar surface area (TPSA) is 82.0 Å². The van der Waals surface area contributed by atoms with Crippen LogP contribution in [0.15, 0.2) is 6.07 Å². The van der Waals surface area contributed by atoms with Gasteiger partial charge < -0.3 is 5.73 Å². The first-order valence-electron chi connectivity index (χ1n) is 3.59. The van der Waals surface area contributed by atoms with E-state index in [0.29, 0.717) is 0 Å². The van der Waals surface area contributed by atoms with Gasteiger partial charge in [0.1, 0.15) is 10.8 Å². The van der Waals surface area contributed by atoms with E-state index in [-0.39, 0.29) is 22.2 Å². The first-order valence-corrected chi connectivity index (χ1v) is 3.97. The molecule has 0 aliphatic rings. The monoisotopic (exact) mass is 211 g/mol. The Balaban J connectivity index is 3.49. The number of hydrogen-bond acceptors (Lipinski definition) is 4. The lowest BCUT2D eigenvalue weighted by molar-refractivity contribution is -0.384. The summed E-state index contributed by atoms with van der Waals surface area (Å²) in [4.78, 5) is 13.7. The molecule has 2 N–H and O–H groups in total. The molecule has 0 amide bonds. The van der Waals surface area contributed by atoms with E-state index in [1.54, 1.807) is 6.92 Å². The first-order chi connectivity index (χ1) is 6.56. The Morgan fingerprint density at radius 2 is 2.36 bits per heavy atom. The van der Waals surface area contributed by atoms with E-state index in [4.69, 9.17) is 17.3 Å². The molecule has 6 heteroatoms. The molecule has 0 saturated heterocycles. The summed E-state index contributed by atoms with van der Waals surface area (Å²) in [5.74, 6) is 4.97. The van der Waals surface area contributed by atoms with Crippen molar-refractivity contribution in [2.45, 2.75) is 6.92 Å². The molecule has 5 nitrogen and oxygen atoms in total. The minimum atomic E-state index is -0.627. The van der Waals surface area contributed by atoms with Crippen molar-refractivity contribution in [2.75, 3.05) is 5.73 Å². The van der Waals surface area contributed by atoms with E-state index >= 15 is 0 Å². The Kier molecular flexibility index (Phi) is 2.89. The number of nitro groups is 1. The van der Waals surface area contributed by atoms with Gasteiger partial charge in [0.05, 0.1) is 4.92 Å². The Morgan fingerprint density at radius 3 is 2.86 bits per heavy atom. The SMILES string of the molecule is CC#Cc1nc(Cl)cc(N)c1[N+](=O)[O-]. The zero-order valence-electron chi connectivity index (χ0n) is 7.24. The molecule has 0 spiro atoms. The van der Waals surface area contributed by atoms with E-state index < -0.39 is 4.92 Å². The number of aromatic nitrogens is 1. The predicted octanol–water partition coefficient (Wildman–Crippen LogP) is 1.60. The molecule has 1 aromatic heterocycles. The van der Waals surface area contributed by atoms with E-state index in [9.17, 15) is 10.1 Å². The Bertz CT molecular complexity index is 448. The van der Waals surface area contributed by atoms with Crippen molar-refractivity contribution in [3.05, 3.63) is 27.0 Å². The molecule has 1 heterocycles. The molecule has 0 aromatic carbocycles. The van der Waals surface area contributed by atoms with Gasteiger partial charge in [-0.2, -0.15) is 0 Å². The van der Waals surface area contributed by atoms with Crippen molar-refractivity contribution in [1.82, 2.24) is 4.98 Å². The van der Waals surface area contributed by atoms with Crippen molar-refractivity contribution >= 4 is 23.0 Å². The maximum absolute atomic E-state index is 10.6. The van der Waals surface area contributed by atoms with Gasteiger partial charge in [-0.3, -0.25) is 10.1 Å². The second-order valence-corrected chi connectivity index (χ2v) is 2.75.